The molecule has 2 rings (SSSR count). The van der Waals surface area contributed by atoms with E-state index < -0.39 is 0 Å². The Morgan fingerprint density at radius 1 is 1.60 bits per heavy atom. The van der Waals surface area contributed by atoms with Crippen molar-refractivity contribution in [2.75, 3.05) is 0 Å². The van der Waals surface area contributed by atoms with E-state index in [2.05, 4.69) is 20.8 Å². The van der Waals surface area contributed by atoms with Gasteiger partial charge in [0.2, 0.25) is 0 Å². The molecule has 0 aliphatic rings. The highest BCUT2D eigenvalue weighted by atomic mass is 16.3. The predicted molar refractivity (Wildman–Crippen MR) is 32.5 cm³/mol. The van der Waals surface area contributed by atoms with Crippen molar-refractivity contribution in [2.24, 2.45) is 0 Å². The van der Waals surface area contributed by atoms with Gasteiger partial charge in [-0.3, -0.25) is 4.57 Å². The van der Waals surface area contributed by atoms with Gasteiger partial charge in [0, 0.05) is 12.4 Å². The molecule has 0 aliphatic carbocycles. The summed E-state index contributed by atoms with van der Waals surface area (Å²) in [5.41, 5.74) is 0. The molecule has 0 aromatic carbocycles. The standard InChI is InChI=1S/C6H4N3O/c1-2-9(4-7-1)6-3-10-5-8-6/h1-4H. The van der Waals surface area contributed by atoms with E-state index in [1.54, 1.807) is 23.3 Å². The van der Waals surface area contributed by atoms with Crippen molar-refractivity contribution in [3.05, 3.63) is 31.4 Å². The fraction of sp³-hybridized carbons (Fsp3) is 0. The molecule has 0 N–H and O–H groups in total. The summed E-state index contributed by atoms with van der Waals surface area (Å²) < 4.78 is 6.39. The second kappa shape index (κ2) is 1.98. The van der Waals surface area contributed by atoms with Crippen LogP contribution in [-0.2, 0) is 0 Å². The van der Waals surface area contributed by atoms with Gasteiger partial charge in [0.05, 0.1) is 0 Å². The van der Waals surface area contributed by atoms with Gasteiger partial charge in [-0.2, -0.15) is 4.98 Å². The van der Waals surface area contributed by atoms with Gasteiger partial charge in [-0.05, 0) is 0 Å². The van der Waals surface area contributed by atoms with Crippen LogP contribution in [-0.4, -0.2) is 14.5 Å². The summed E-state index contributed by atoms with van der Waals surface area (Å²) in [5.74, 6) is 0.692. The van der Waals surface area contributed by atoms with E-state index in [0.717, 1.165) is 0 Å². The Bertz CT molecular complexity index is 252. The highest BCUT2D eigenvalue weighted by molar-refractivity contribution is 5.14. The van der Waals surface area contributed by atoms with Crippen LogP contribution in [0.25, 0.3) is 5.82 Å². The third-order valence-corrected chi connectivity index (χ3v) is 1.15. The molecule has 0 saturated carbocycles. The van der Waals surface area contributed by atoms with Crippen molar-refractivity contribution in [2.45, 2.75) is 0 Å². The quantitative estimate of drug-likeness (QED) is 0.575. The zero-order chi connectivity index (χ0) is 6.81. The van der Waals surface area contributed by atoms with Crippen molar-refractivity contribution in [1.82, 2.24) is 14.5 Å². The van der Waals surface area contributed by atoms with Crippen LogP contribution in [0.15, 0.2) is 29.4 Å². The van der Waals surface area contributed by atoms with Crippen LogP contribution in [0.2, 0.25) is 0 Å². The molecule has 0 fully saturated rings. The number of hydrogen-bond donors (Lipinski definition) is 0. The number of nitrogens with zero attached hydrogens (tertiary/aromatic N) is 3. The first-order chi connectivity index (χ1) is 4.97. The first-order valence-electron chi connectivity index (χ1n) is 2.77. The Kier molecular flexibility index (Phi) is 1.04. The lowest BCUT2D eigenvalue weighted by molar-refractivity contribution is 0.547. The minimum Gasteiger partial charge on any atom is -0.439 e. The average molecular weight is 134 g/mol. The Morgan fingerprint density at radius 2 is 2.60 bits per heavy atom. The third kappa shape index (κ3) is 0.699. The van der Waals surface area contributed by atoms with E-state index >= 15 is 0 Å². The van der Waals surface area contributed by atoms with E-state index in [0.29, 0.717) is 5.82 Å². The molecule has 10 heavy (non-hydrogen) atoms. The molecular weight excluding hydrogens is 130 g/mol. The molecule has 0 unspecified atom stereocenters. The van der Waals surface area contributed by atoms with E-state index in [9.17, 15) is 0 Å². The van der Waals surface area contributed by atoms with Crippen LogP contribution in [0.3, 0.4) is 0 Å². The summed E-state index contributed by atoms with van der Waals surface area (Å²) >= 11 is 0. The van der Waals surface area contributed by atoms with Gasteiger partial charge in [0.25, 0.3) is 6.39 Å². The minimum atomic E-state index is 0.692. The first-order valence-corrected chi connectivity index (χ1v) is 2.77. The Morgan fingerprint density at radius 3 is 3.20 bits per heavy atom. The monoisotopic (exact) mass is 134 g/mol. The summed E-state index contributed by atoms with van der Waals surface area (Å²) in [4.78, 5) is 7.64. The number of imidazole rings is 1. The van der Waals surface area contributed by atoms with Crippen LogP contribution in [0.4, 0.5) is 0 Å². The van der Waals surface area contributed by atoms with E-state index in [4.69, 9.17) is 0 Å². The second-order valence-corrected chi connectivity index (χ2v) is 1.77. The number of aromatic nitrogens is 3. The number of hydrogen-bond acceptors (Lipinski definition) is 3. The molecule has 0 spiro atoms. The summed E-state index contributed by atoms with van der Waals surface area (Å²) in [6.45, 7) is 0. The molecule has 0 aliphatic heterocycles. The molecule has 0 saturated heterocycles. The maximum atomic E-state index is 4.65. The van der Waals surface area contributed by atoms with Crippen molar-refractivity contribution in [3.8, 4) is 5.82 Å². The smallest absolute Gasteiger partial charge is 0.285 e. The third-order valence-electron chi connectivity index (χ3n) is 1.15. The molecule has 4 heteroatoms. The van der Waals surface area contributed by atoms with Gasteiger partial charge >= 0.3 is 0 Å². The lowest BCUT2D eigenvalue weighted by Gasteiger charge is -1.89. The Balaban J connectivity index is 2.48. The summed E-state index contributed by atoms with van der Waals surface area (Å²) in [5, 5.41) is 0. The van der Waals surface area contributed by atoms with Crippen LogP contribution in [0, 0.1) is 6.39 Å². The predicted octanol–water partition coefficient (Wildman–Crippen LogP) is 0.660. The fourth-order valence-electron chi connectivity index (χ4n) is 0.692. The molecule has 0 bridgehead atoms. The van der Waals surface area contributed by atoms with E-state index in [-0.39, 0.29) is 0 Å². The van der Waals surface area contributed by atoms with Gasteiger partial charge in [0.15, 0.2) is 5.82 Å². The second-order valence-electron chi connectivity index (χ2n) is 1.77. The Labute approximate surface area is 57.1 Å². The molecule has 0 atom stereocenters. The molecule has 49 valence electrons. The maximum absolute atomic E-state index is 4.65. The van der Waals surface area contributed by atoms with Gasteiger partial charge in [-0.1, -0.05) is 0 Å². The molecular formula is C6H4N3O. The van der Waals surface area contributed by atoms with Gasteiger partial charge in [-0.15, -0.1) is 0 Å². The lowest BCUT2D eigenvalue weighted by Crippen LogP contribution is -1.87. The zero-order valence-corrected chi connectivity index (χ0v) is 5.06. The molecule has 2 aromatic heterocycles. The maximum Gasteiger partial charge on any atom is 0.285 e. The van der Waals surface area contributed by atoms with E-state index in [1.807, 2.05) is 0 Å². The van der Waals surface area contributed by atoms with Crippen molar-refractivity contribution in [3.63, 3.8) is 0 Å². The summed E-state index contributed by atoms with van der Waals surface area (Å²) in [6, 6.07) is 0. The van der Waals surface area contributed by atoms with Crippen molar-refractivity contribution >= 4 is 0 Å². The molecule has 4 nitrogen and oxygen atoms in total. The number of oxazole rings is 1. The highest BCUT2D eigenvalue weighted by Gasteiger charge is 1.95. The van der Waals surface area contributed by atoms with Crippen molar-refractivity contribution < 1.29 is 4.42 Å². The summed E-state index contributed by atoms with van der Waals surface area (Å²) in [7, 11) is 0. The lowest BCUT2D eigenvalue weighted by atomic mass is 10.7. The topological polar surface area (TPSA) is 43.9 Å². The average Bonchev–Trinajstić information content (AvgIpc) is 2.59. The first kappa shape index (κ1) is 5.22. The normalized spacial score (nSPS) is 10.0. The van der Waals surface area contributed by atoms with Crippen molar-refractivity contribution in [1.29, 1.82) is 0 Å². The molecule has 0 amide bonds. The number of rotatable bonds is 1. The van der Waals surface area contributed by atoms with Crippen LogP contribution >= 0.6 is 0 Å². The van der Waals surface area contributed by atoms with Gasteiger partial charge in [-0.25, -0.2) is 4.98 Å². The fourth-order valence-corrected chi connectivity index (χ4v) is 0.692. The van der Waals surface area contributed by atoms with E-state index in [1.165, 1.54) is 6.26 Å². The van der Waals surface area contributed by atoms with Gasteiger partial charge < -0.3 is 4.42 Å². The SMILES string of the molecule is [c]1nc(-n2ccnc2)co1. The molecule has 2 heterocycles. The van der Waals surface area contributed by atoms with Crippen LogP contribution < -0.4 is 0 Å². The molecule has 1 radical (unpaired) electrons. The largest absolute Gasteiger partial charge is 0.439 e. The van der Waals surface area contributed by atoms with Crippen LogP contribution in [0.1, 0.15) is 0 Å². The highest BCUT2D eigenvalue weighted by Crippen LogP contribution is 2.00. The Hall–Kier alpha value is -1.58. The minimum absolute atomic E-state index is 0.692. The zero-order valence-electron chi connectivity index (χ0n) is 5.06. The van der Waals surface area contributed by atoms with Gasteiger partial charge in [0.1, 0.15) is 12.6 Å². The summed E-state index contributed by atoms with van der Waals surface area (Å²) in [6.07, 6.45) is 8.95. The van der Waals surface area contributed by atoms with Crippen LogP contribution in [0.5, 0.6) is 0 Å². The molecule has 2 aromatic rings.